The summed E-state index contributed by atoms with van der Waals surface area (Å²) in [6, 6.07) is 12.8. The average Bonchev–Trinajstić information content (AvgIpc) is 3.11. The Morgan fingerprint density at radius 2 is 2.10 bits per heavy atom. The van der Waals surface area contributed by atoms with Crippen LogP contribution in [0, 0.1) is 5.82 Å². The topological polar surface area (TPSA) is 35.2 Å². The summed E-state index contributed by atoms with van der Waals surface area (Å²) in [5.74, 6) is 0.710. The van der Waals surface area contributed by atoms with Gasteiger partial charge in [-0.05, 0) is 29.1 Å². The lowest BCUT2D eigenvalue weighted by Crippen LogP contribution is -2.11. The van der Waals surface area contributed by atoms with Gasteiger partial charge in [-0.1, -0.05) is 24.3 Å². The first-order chi connectivity index (χ1) is 10.2. The lowest BCUT2D eigenvalue weighted by atomic mass is 10.0. The Labute approximate surface area is 126 Å². The van der Waals surface area contributed by atoms with Crippen molar-refractivity contribution in [2.75, 3.05) is 6.61 Å². The Morgan fingerprint density at radius 1 is 1.19 bits per heavy atom. The summed E-state index contributed by atoms with van der Waals surface area (Å²) >= 11 is 1.54. The molecule has 1 aromatic heterocycles. The molecule has 0 fully saturated rings. The molecule has 0 saturated heterocycles. The Hall–Kier alpha value is -1.91. The van der Waals surface area contributed by atoms with Crippen LogP contribution in [0.1, 0.15) is 22.0 Å². The minimum Gasteiger partial charge on any atom is -0.493 e. The predicted molar refractivity (Wildman–Crippen MR) is 83.5 cm³/mol. The van der Waals surface area contributed by atoms with E-state index in [1.54, 1.807) is 12.1 Å². The maximum atomic E-state index is 13.3. The van der Waals surface area contributed by atoms with Crippen LogP contribution in [0.4, 0.5) is 4.39 Å². The Bertz CT molecular complexity index is 827. The van der Waals surface area contributed by atoms with E-state index in [1.165, 1.54) is 23.0 Å². The summed E-state index contributed by atoms with van der Waals surface area (Å²) in [7, 11) is 0. The van der Waals surface area contributed by atoms with Gasteiger partial charge in [0.15, 0.2) is 0 Å². The van der Waals surface area contributed by atoms with E-state index in [-0.39, 0.29) is 11.9 Å². The molecule has 21 heavy (non-hydrogen) atoms. The smallest absolute Gasteiger partial charge is 0.127 e. The Morgan fingerprint density at radius 3 is 3.00 bits per heavy atom. The van der Waals surface area contributed by atoms with Crippen molar-refractivity contribution in [3.8, 4) is 5.75 Å². The van der Waals surface area contributed by atoms with Gasteiger partial charge in [-0.15, -0.1) is 11.3 Å². The monoisotopic (exact) mass is 299 g/mol. The predicted octanol–water partition coefficient (Wildman–Crippen LogP) is 4.02. The number of nitrogens with two attached hydrogens (primary N) is 1. The molecule has 0 spiro atoms. The molecule has 0 aliphatic carbocycles. The summed E-state index contributed by atoms with van der Waals surface area (Å²) in [5, 5.41) is 1.03. The van der Waals surface area contributed by atoms with Gasteiger partial charge in [0, 0.05) is 21.6 Å². The first kappa shape index (κ1) is 12.8. The molecule has 4 heteroatoms. The van der Waals surface area contributed by atoms with Gasteiger partial charge in [-0.3, -0.25) is 0 Å². The molecule has 1 aliphatic rings. The van der Waals surface area contributed by atoms with Gasteiger partial charge < -0.3 is 10.5 Å². The quantitative estimate of drug-likeness (QED) is 0.775. The maximum Gasteiger partial charge on any atom is 0.127 e. The first-order valence-electron chi connectivity index (χ1n) is 6.91. The van der Waals surface area contributed by atoms with Crippen molar-refractivity contribution in [1.82, 2.24) is 0 Å². The molecule has 0 amide bonds. The third kappa shape index (κ3) is 2.11. The van der Waals surface area contributed by atoms with Crippen LogP contribution < -0.4 is 10.5 Å². The van der Waals surface area contributed by atoms with Crippen molar-refractivity contribution in [2.24, 2.45) is 5.73 Å². The van der Waals surface area contributed by atoms with Gasteiger partial charge in [0.25, 0.3) is 0 Å². The molecule has 2 aromatic carbocycles. The number of para-hydroxylation sites is 1. The standard InChI is InChI=1S/C17H14FNOS/c18-12-5-4-11-8-15(21-14(11)9-12)16(19)13-3-1-2-10-6-7-20-17(10)13/h1-5,8-9,16H,6-7,19H2. The molecule has 3 aromatic rings. The van der Waals surface area contributed by atoms with Crippen LogP contribution in [-0.2, 0) is 6.42 Å². The fourth-order valence-electron chi connectivity index (χ4n) is 2.82. The molecule has 2 heterocycles. The van der Waals surface area contributed by atoms with E-state index < -0.39 is 0 Å². The van der Waals surface area contributed by atoms with E-state index in [0.717, 1.165) is 39.3 Å². The van der Waals surface area contributed by atoms with Gasteiger partial charge in [0.2, 0.25) is 0 Å². The van der Waals surface area contributed by atoms with Crippen molar-refractivity contribution in [3.63, 3.8) is 0 Å². The third-order valence-electron chi connectivity index (χ3n) is 3.89. The molecule has 2 nitrogen and oxygen atoms in total. The number of ether oxygens (including phenoxy) is 1. The Kier molecular flexibility index (Phi) is 2.94. The minimum absolute atomic E-state index is 0.214. The number of rotatable bonds is 2. The highest BCUT2D eigenvalue weighted by Gasteiger charge is 2.22. The van der Waals surface area contributed by atoms with Gasteiger partial charge in [-0.2, -0.15) is 0 Å². The highest BCUT2D eigenvalue weighted by Crippen LogP contribution is 2.38. The van der Waals surface area contributed by atoms with Crippen LogP contribution in [0.25, 0.3) is 10.1 Å². The minimum atomic E-state index is -0.237. The van der Waals surface area contributed by atoms with Crippen molar-refractivity contribution < 1.29 is 9.13 Å². The van der Waals surface area contributed by atoms with E-state index in [0.29, 0.717) is 0 Å². The molecule has 1 aliphatic heterocycles. The highest BCUT2D eigenvalue weighted by atomic mass is 32.1. The summed E-state index contributed by atoms with van der Waals surface area (Å²) in [4.78, 5) is 1.03. The molecule has 0 radical (unpaired) electrons. The SMILES string of the molecule is NC(c1cc2ccc(F)cc2s1)c1cccc2c1OCC2. The molecule has 1 unspecified atom stereocenters. The second kappa shape index (κ2) is 4.83. The number of benzene rings is 2. The second-order valence-electron chi connectivity index (χ2n) is 5.24. The fraction of sp³-hybridized carbons (Fsp3) is 0.176. The van der Waals surface area contributed by atoms with Gasteiger partial charge in [-0.25, -0.2) is 4.39 Å². The lowest BCUT2D eigenvalue weighted by molar-refractivity contribution is 0.352. The van der Waals surface area contributed by atoms with Crippen LogP contribution in [0.15, 0.2) is 42.5 Å². The van der Waals surface area contributed by atoms with Crippen LogP contribution >= 0.6 is 11.3 Å². The zero-order valence-electron chi connectivity index (χ0n) is 11.3. The fourth-order valence-corrected chi connectivity index (χ4v) is 3.93. The normalized spacial score (nSPS) is 15.0. The Balaban J connectivity index is 1.79. The third-order valence-corrected chi connectivity index (χ3v) is 5.07. The molecule has 0 bridgehead atoms. The molecule has 0 saturated carbocycles. The number of fused-ring (bicyclic) bond motifs is 2. The van der Waals surface area contributed by atoms with Crippen LogP contribution in [0.3, 0.4) is 0 Å². The van der Waals surface area contributed by atoms with Crippen molar-refractivity contribution in [2.45, 2.75) is 12.5 Å². The van der Waals surface area contributed by atoms with Gasteiger partial charge >= 0.3 is 0 Å². The molecule has 1 atom stereocenters. The molecule has 4 rings (SSSR count). The second-order valence-corrected chi connectivity index (χ2v) is 6.36. The van der Waals surface area contributed by atoms with E-state index >= 15 is 0 Å². The zero-order chi connectivity index (χ0) is 14.4. The highest BCUT2D eigenvalue weighted by molar-refractivity contribution is 7.19. The summed E-state index contributed by atoms with van der Waals surface area (Å²) in [6.45, 7) is 0.719. The summed E-state index contributed by atoms with van der Waals surface area (Å²) in [6.07, 6.45) is 0.938. The van der Waals surface area contributed by atoms with E-state index in [2.05, 4.69) is 6.07 Å². The largest absolute Gasteiger partial charge is 0.493 e. The molecular weight excluding hydrogens is 285 g/mol. The molecule has 106 valence electrons. The number of thiophene rings is 1. The van der Waals surface area contributed by atoms with Gasteiger partial charge in [0.1, 0.15) is 11.6 Å². The van der Waals surface area contributed by atoms with Crippen molar-refractivity contribution >= 4 is 21.4 Å². The lowest BCUT2D eigenvalue weighted by Gasteiger charge is -2.14. The van der Waals surface area contributed by atoms with E-state index in [9.17, 15) is 4.39 Å². The van der Waals surface area contributed by atoms with Crippen LogP contribution in [-0.4, -0.2) is 6.61 Å². The number of halogens is 1. The summed E-state index contributed by atoms with van der Waals surface area (Å²) < 4.78 is 20.0. The zero-order valence-corrected chi connectivity index (χ0v) is 12.1. The van der Waals surface area contributed by atoms with Gasteiger partial charge in [0.05, 0.1) is 12.6 Å². The van der Waals surface area contributed by atoms with E-state index in [4.69, 9.17) is 10.5 Å². The van der Waals surface area contributed by atoms with Crippen LogP contribution in [0.2, 0.25) is 0 Å². The molecule has 2 N–H and O–H groups in total. The maximum absolute atomic E-state index is 13.3. The number of hydrogen-bond donors (Lipinski definition) is 1. The average molecular weight is 299 g/mol. The van der Waals surface area contributed by atoms with Crippen LogP contribution in [0.5, 0.6) is 5.75 Å². The number of hydrogen-bond acceptors (Lipinski definition) is 3. The van der Waals surface area contributed by atoms with Crippen molar-refractivity contribution in [3.05, 3.63) is 64.3 Å². The molecular formula is C17H14FNOS. The van der Waals surface area contributed by atoms with E-state index in [1.807, 2.05) is 18.2 Å². The summed E-state index contributed by atoms with van der Waals surface area (Å²) in [5.41, 5.74) is 8.66. The first-order valence-corrected chi connectivity index (χ1v) is 7.73. The van der Waals surface area contributed by atoms with Crippen molar-refractivity contribution in [1.29, 1.82) is 0 Å².